The number of rotatable bonds is 21. The van der Waals surface area contributed by atoms with Crippen LogP contribution in [0.15, 0.2) is 91.3 Å². The van der Waals surface area contributed by atoms with E-state index >= 15 is 0 Å². The van der Waals surface area contributed by atoms with E-state index in [0.717, 1.165) is 22.0 Å². The first-order valence-corrected chi connectivity index (χ1v) is 19.5. The number of benzene rings is 3. The highest BCUT2D eigenvalue weighted by Crippen LogP contribution is 2.20. The van der Waals surface area contributed by atoms with E-state index in [1.165, 1.54) is 0 Å². The second-order valence-electron chi connectivity index (χ2n) is 14.0. The number of carboxylic acid groups (broad SMARTS) is 2. The van der Waals surface area contributed by atoms with Crippen LogP contribution in [-0.2, 0) is 52.8 Å². The fraction of sp³-hybridized carbons (Fsp3) is 0.293. The number of aliphatic carboxylic acids is 2. The van der Waals surface area contributed by atoms with Gasteiger partial charge in [-0.05, 0) is 35.2 Å². The largest absolute Gasteiger partial charge is 0.481 e. The number of nitrogens with one attached hydrogen (secondary N) is 7. The number of fused-ring (bicyclic) bond motifs is 2. The summed E-state index contributed by atoms with van der Waals surface area (Å²) in [7, 11) is 0. The molecule has 0 saturated heterocycles. The number of hydrogen-bond acceptors (Lipinski definition) is 10. The number of carbonyl (C=O) groups is 7. The highest BCUT2D eigenvalue weighted by molar-refractivity contribution is 7.80. The lowest BCUT2D eigenvalue weighted by Crippen LogP contribution is -2.60. The number of carboxylic acids is 2. The van der Waals surface area contributed by atoms with Gasteiger partial charge in [-0.2, -0.15) is 12.6 Å². The standard InChI is InChI=1S/C41H46N8O10S/c42-27(15-23-18-43-28-12-6-4-10-25(23)28)36(53)48-33(20-50)40(57)45-30(14-22-8-2-1-3-9-22)37(54)47-32(17-35(51)52)39(56)46-31(38(55)49-34(21-60)41(58)59)16-24-19-44-29-13-7-5-11-26(24)29/h1-13,18-19,27,30-34,43-44,50,60H,14-17,20-21,42H2,(H,45,57)(H,46,56)(H,47,54)(H,48,53)(H,49,55)(H,51,52)(H,58,59)/t27-,30-,31-,32-,33-,34-/m0/s1. The Labute approximate surface area is 348 Å². The first kappa shape index (κ1) is 44.4. The molecule has 0 unspecified atom stereocenters. The summed E-state index contributed by atoms with van der Waals surface area (Å²) < 4.78 is 0. The molecule has 0 spiro atoms. The summed E-state index contributed by atoms with van der Waals surface area (Å²) in [5.41, 5.74) is 9.62. The second kappa shape index (κ2) is 20.8. The first-order valence-electron chi connectivity index (χ1n) is 18.9. The third-order valence-corrected chi connectivity index (χ3v) is 10.1. The highest BCUT2D eigenvalue weighted by Gasteiger charge is 2.34. The third kappa shape index (κ3) is 11.7. The van der Waals surface area contributed by atoms with Crippen molar-refractivity contribution in [1.82, 2.24) is 36.6 Å². The van der Waals surface area contributed by atoms with E-state index in [-0.39, 0.29) is 25.0 Å². The third-order valence-electron chi connectivity index (χ3n) is 9.72. The van der Waals surface area contributed by atoms with E-state index in [1.54, 1.807) is 67.0 Å². The summed E-state index contributed by atoms with van der Waals surface area (Å²) in [4.78, 5) is 97.9. The molecule has 0 saturated carbocycles. The fourth-order valence-corrected chi connectivity index (χ4v) is 6.80. The van der Waals surface area contributed by atoms with E-state index in [2.05, 4.69) is 49.2 Å². The number of hydrogen-bond donors (Lipinski definition) is 12. The Kier molecular flexibility index (Phi) is 15.4. The lowest BCUT2D eigenvalue weighted by molar-refractivity contribution is -0.143. The number of carbonyl (C=O) groups excluding carboxylic acids is 5. The summed E-state index contributed by atoms with van der Waals surface area (Å²) in [6.07, 6.45) is 2.13. The summed E-state index contributed by atoms with van der Waals surface area (Å²) in [5.74, 6) is -7.91. The van der Waals surface area contributed by atoms with Crippen molar-refractivity contribution in [1.29, 1.82) is 0 Å². The minimum atomic E-state index is -1.81. The molecule has 60 heavy (non-hydrogen) atoms. The molecular weight excluding hydrogens is 797 g/mol. The van der Waals surface area contributed by atoms with Crippen LogP contribution < -0.4 is 32.3 Å². The van der Waals surface area contributed by atoms with Gasteiger partial charge in [0.1, 0.15) is 30.2 Å². The summed E-state index contributed by atoms with van der Waals surface area (Å²) >= 11 is 3.99. The number of aromatic amines is 2. The van der Waals surface area contributed by atoms with Crippen LogP contribution >= 0.6 is 12.6 Å². The number of para-hydroxylation sites is 2. The Hall–Kier alpha value is -6.70. The minimum Gasteiger partial charge on any atom is -0.481 e. The van der Waals surface area contributed by atoms with Gasteiger partial charge in [0.05, 0.1) is 19.1 Å². The molecule has 12 N–H and O–H groups in total. The van der Waals surface area contributed by atoms with E-state index in [1.807, 2.05) is 24.3 Å². The van der Waals surface area contributed by atoms with Gasteiger partial charge in [-0.3, -0.25) is 28.8 Å². The molecule has 5 aromatic rings. The first-order chi connectivity index (χ1) is 28.8. The summed E-state index contributed by atoms with van der Waals surface area (Å²) in [5, 5.41) is 43.1. The van der Waals surface area contributed by atoms with Crippen molar-refractivity contribution in [3.8, 4) is 0 Å². The number of thiol groups is 1. The number of H-pyrrole nitrogens is 2. The molecule has 18 nitrogen and oxygen atoms in total. The molecular formula is C41H46N8O10S. The predicted octanol–water partition coefficient (Wildman–Crippen LogP) is -0.0902. The lowest BCUT2D eigenvalue weighted by Gasteiger charge is -2.26. The molecule has 2 aromatic heterocycles. The maximum Gasteiger partial charge on any atom is 0.327 e. The van der Waals surface area contributed by atoms with Crippen LogP contribution in [0.25, 0.3) is 21.8 Å². The van der Waals surface area contributed by atoms with Gasteiger partial charge in [-0.25, -0.2) is 4.79 Å². The van der Waals surface area contributed by atoms with Crippen LogP contribution in [0.1, 0.15) is 23.1 Å². The van der Waals surface area contributed by atoms with Crippen molar-refractivity contribution in [2.24, 2.45) is 5.73 Å². The Bertz CT molecular complexity index is 2330. The van der Waals surface area contributed by atoms with Crippen molar-refractivity contribution < 1.29 is 48.9 Å². The van der Waals surface area contributed by atoms with Crippen LogP contribution in [0.5, 0.6) is 0 Å². The number of aliphatic hydroxyl groups is 1. The van der Waals surface area contributed by atoms with Crippen LogP contribution in [0.4, 0.5) is 0 Å². The SMILES string of the molecule is N[C@@H](Cc1c[nH]c2ccccc12)C(=O)N[C@@H](CO)C(=O)N[C@@H](Cc1ccccc1)C(=O)N[C@@H](CC(=O)O)C(=O)N[C@@H](Cc1c[nH]c2ccccc12)C(=O)N[C@@H](CS)C(=O)O. The molecule has 0 aliphatic rings. The van der Waals surface area contributed by atoms with E-state index in [9.17, 15) is 48.9 Å². The van der Waals surface area contributed by atoms with Crippen LogP contribution in [0.3, 0.4) is 0 Å². The molecule has 0 fully saturated rings. The average Bonchev–Trinajstić information content (AvgIpc) is 3.84. The summed E-state index contributed by atoms with van der Waals surface area (Å²) in [6, 6.07) is 14.1. The smallest absolute Gasteiger partial charge is 0.327 e. The highest BCUT2D eigenvalue weighted by atomic mass is 32.1. The molecule has 0 bridgehead atoms. The van der Waals surface area contributed by atoms with Crippen molar-refractivity contribution in [3.05, 3.63) is 108 Å². The normalized spacial score (nSPS) is 14.2. The number of aliphatic hydroxyl groups excluding tert-OH is 1. The average molecular weight is 843 g/mol. The van der Waals surface area contributed by atoms with Crippen LogP contribution in [0.2, 0.25) is 0 Å². The summed E-state index contributed by atoms with van der Waals surface area (Å²) in [6.45, 7) is -0.878. The van der Waals surface area contributed by atoms with E-state index in [0.29, 0.717) is 16.5 Å². The Balaban J connectivity index is 1.33. The Morgan fingerprint density at radius 3 is 1.55 bits per heavy atom. The minimum absolute atomic E-state index is 0.0985. The van der Waals surface area contributed by atoms with E-state index in [4.69, 9.17) is 5.73 Å². The van der Waals surface area contributed by atoms with Gasteiger partial charge in [0.25, 0.3) is 0 Å². The monoisotopic (exact) mass is 842 g/mol. The van der Waals surface area contributed by atoms with Gasteiger partial charge < -0.3 is 57.6 Å². The van der Waals surface area contributed by atoms with Crippen LogP contribution in [-0.4, -0.2) is 115 Å². The molecule has 19 heteroatoms. The molecule has 5 rings (SSSR count). The molecule has 0 aliphatic heterocycles. The van der Waals surface area contributed by atoms with Crippen molar-refractivity contribution in [2.45, 2.75) is 61.9 Å². The second-order valence-corrected chi connectivity index (χ2v) is 14.4. The Morgan fingerprint density at radius 1 is 0.567 bits per heavy atom. The molecule has 0 aliphatic carbocycles. The fourth-order valence-electron chi connectivity index (χ4n) is 6.55. The quantitative estimate of drug-likeness (QED) is 0.0434. The molecule has 2 heterocycles. The molecule has 6 atom stereocenters. The zero-order valence-corrected chi connectivity index (χ0v) is 33.0. The van der Waals surface area contributed by atoms with Crippen molar-refractivity contribution in [3.63, 3.8) is 0 Å². The number of nitrogens with two attached hydrogens (primary N) is 1. The van der Waals surface area contributed by atoms with Gasteiger partial charge >= 0.3 is 11.9 Å². The molecule has 3 aromatic carbocycles. The molecule has 5 amide bonds. The van der Waals surface area contributed by atoms with E-state index < -0.39 is 90.8 Å². The molecule has 316 valence electrons. The van der Waals surface area contributed by atoms with Gasteiger partial charge in [0, 0.05) is 52.8 Å². The topological polar surface area (TPSA) is 298 Å². The van der Waals surface area contributed by atoms with Gasteiger partial charge in [0.2, 0.25) is 29.5 Å². The zero-order valence-electron chi connectivity index (χ0n) is 32.1. The van der Waals surface area contributed by atoms with Crippen LogP contribution in [0, 0.1) is 0 Å². The van der Waals surface area contributed by atoms with Crippen molar-refractivity contribution in [2.75, 3.05) is 12.4 Å². The maximum absolute atomic E-state index is 14.0. The maximum atomic E-state index is 14.0. The molecule has 0 radical (unpaired) electrons. The number of amides is 5. The van der Waals surface area contributed by atoms with Gasteiger partial charge in [-0.15, -0.1) is 0 Å². The lowest BCUT2D eigenvalue weighted by atomic mass is 10.0. The Morgan fingerprint density at radius 2 is 1.02 bits per heavy atom. The number of aromatic nitrogens is 2. The van der Waals surface area contributed by atoms with Gasteiger partial charge in [-0.1, -0.05) is 66.7 Å². The van der Waals surface area contributed by atoms with Gasteiger partial charge in [0.15, 0.2) is 0 Å². The predicted molar refractivity (Wildman–Crippen MR) is 223 cm³/mol. The van der Waals surface area contributed by atoms with Crippen molar-refractivity contribution >= 4 is 75.9 Å². The zero-order chi connectivity index (χ0) is 43.3.